The van der Waals surface area contributed by atoms with Crippen LogP contribution in [-0.2, 0) is 16.0 Å². The maximum absolute atomic E-state index is 11.9. The van der Waals surface area contributed by atoms with Crippen LogP contribution in [0.4, 0.5) is 0 Å². The highest BCUT2D eigenvalue weighted by molar-refractivity contribution is 5.81. The average Bonchev–Trinajstić information content (AvgIpc) is 2.51. The lowest BCUT2D eigenvalue weighted by molar-refractivity contribution is -0.123. The van der Waals surface area contributed by atoms with E-state index in [1.807, 2.05) is 30.3 Å². The fourth-order valence-electron chi connectivity index (χ4n) is 2.09. The molecule has 118 valence electrons. The summed E-state index contributed by atoms with van der Waals surface area (Å²) >= 11 is 0. The second-order valence-corrected chi connectivity index (χ2v) is 5.09. The third-order valence-electron chi connectivity index (χ3n) is 3.25. The maximum atomic E-state index is 11.9. The summed E-state index contributed by atoms with van der Waals surface area (Å²) in [5.41, 5.74) is 1.14. The molecule has 0 fully saturated rings. The highest BCUT2D eigenvalue weighted by Crippen LogP contribution is 2.03. The Bertz CT molecular complexity index is 398. The number of aliphatic hydroxyl groups excluding tert-OH is 1. The van der Waals surface area contributed by atoms with E-state index in [0.29, 0.717) is 19.6 Å². The number of nitrogens with one attached hydrogen (secondary N) is 2. The van der Waals surface area contributed by atoms with Gasteiger partial charge in [0.25, 0.3) is 0 Å². The number of ether oxygens (including phenoxy) is 1. The summed E-state index contributed by atoms with van der Waals surface area (Å²) < 4.78 is 4.93. The van der Waals surface area contributed by atoms with Crippen molar-refractivity contribution in [1.29, 1.82) is 0 Å². The summed E-state index contributed by atoms with van der Waals surface area (Å²) in [5.74, 6) is -0.0578. The van der Waals surface area contributed by atoms with Gasteiger partial charge in [-0.25, -0.2) is 0 Å². The smallest absolute Gasteiger partial charge is 0.236 e. The summed E-state index contributed by atoms with van der Waals surface area (Å²) in [7, 11) is 1.64. The van der Waals surface area contributed by atoms with E-state index in [2.05, 4.69) is 10.6 Å². The molecule has 0 saturated heterocycles. The lowest BCUT2D eigenvalue weighted by Crippen LogP contribution is -2.48. The zero-order valence-corrected chi connectivity index (χ0v) is 12.8. The molecule has 0 heterocycles. The molecule has 5 nitrogen and oxygen atoms in total. The Labute approximate surface area is 126 Å². The molecule has 0 aliphatic rings. The van der Waals surface area contributed by atoms with Crippen LogP contribution in [0.5, 0.6) is 0 Å². The molecule has 1 aromatic rings. The van der Waals surface area contributed by atoms with E-state index in [4.69, 9.17) is 4.74 Å². The van der Waals surface area contributed by atoms with Gasteiger partial charge in [-0.2, -0.15) is 0 Å². The van der Waals surface area contributed by atoms with E-state index in [1.165, 1.54) is 0 Å². The summed E-state index contributed by atoms with van der Waals surface area (Å²) in [6.45, 7) is 3.03. The van der Waals surface area contributed by atoms with Gasteiger partial charge in [-0.15, -0.1) is 0 Å². The van der Waals surface area contributed by atoms with Gasteiger partial charge in [-0.05, 0) is 25.3 Å². The topological polar surface area (TPSA) is 70.6 Å². The molecule has 1 amide bonds. The minimum atomic E-state index is -0.339. The lowest BCUT2D eigenvalue weighted by atomic mass is 10.1. The Balaban J connectivity index is 2.36. The van der Waals surface area contributed by atoms with Gasteiger partial charge in [0.15, 0.2) is 0 Å². The van der Waals surface area contributed by atoms with E-state index in [0.717, 1.165) is 12.0 Å². The molecule has 0 aromatic heterocycles. The third kappa shape index (κ3) is 7.22. The molecule has 1 aromatic carbocycles. The first-order valence-corrected chi connectivity index (χ1v) is 7.34. The SMILES string of the molecule is COCCCNC(=O)C(C)NC(CO)Cc1ccccc1. The van der Waals surface area contributed by atoms with E-state index in [1.54, 1.807) is 14.0 Å². The Morgan fingerprint density at radius 1 is 1.33 bits per heavy atom. The fourth-order valence-corrected chi connectivity index (χ4v) is 2.09. The predicted octanol–water partition coefficient (Wildman–Crippen LogP) is 0.721. The van der Waals surface area contributed by atoms with Gasteiger partial charge >= 0.3 is 0 Å². The summed E-state index contributed by atoms with van der Waals surface area (Å²) in [4.78, 5) is 11.9. The molecule has 3 N–H and O–H groups in total. The van der Waals surface area contributed by atoms with Crippen LogP contribution in [0.25, 0.3) is 0 Å². The van der Waals surface area contributed by atoms with Crippen LogP contribution in [0.2, 0.25) is 0 Å². The zero-order valence-electron chi connectivity index (χ0n) is 12.8. The van der Waals surface area contributed by atoms with Gasteiger partial charge in [0.05, 0.1) is 12.6 Å². The molecule has 2 atom stereocenters. The van der Waals surface area contributed by atoms with Gasteiger partial charge in [0, 0.05) is 26.3 Å². The van der Waals surface area contributed by atoms with Crippen molar-refractivity contribution in [2.24, 2.45) is 0 Å². The molecular formula is C16H26N2O3. The normalized spacial score (nSPS) is 13.7. The number of hydrogen-bond donors (Lipinski definition) is 3. The number of carbonyl (C=O) groups excluding carboxylic acids is 1. The van der Waals surface area contributed by atoms with Crippen molar-refractivity contribution in [3.8, 4) is 0 Å². The number of rotatable bonds is 10. The van der Waals surface area contributed by atoms with Crippen molar-refractivity contribution in [1.82, 2.24) is 10.6 Å². The van der Waals surface area contributed by atoms with Crippen LogP contribution in [0.15, 0.2) is 30.3 Å². The van der Waals surface area contributed by atoms with Crippen LogP contribution >= 0.6 is 0 Å². The Kier molecular flexibility index (Phi) is 8.66. The molecule has 0 aliphatic heterocycles. The van der Waals surface area contributed by atoms with Crippen molar-refractivity contribution < 1.29 is 14.6 Å². The monoisotopic (exact) mass is 294 g/mol. The van der Waals surface area contributed by atoms with E-state index in [-0.39, 0.29) is 24.6 Å². The number of amides is 1. The molecule has 0 saturated carbocycles. The van der Waals surface area contributed by atoms with Crippen LogP contribution in [0.3, 0.4) is 0 Å². The quantitative estimate of drug-likeness (QED) is 0.556. The Hall–Kier alpha value is -1.43. The zero-order chi connectivity index (χ0) is 15.5. The number of carbonyl (C=O) groups is 1. The number of benzene rings is 1. The van der Waals surface area contributed by atoms with Gasteiger partial charge in [-0.3, -0.25) is 4.79 Å². The second-order valence-electron chi connectivity index (χ2n) is 5.09. The highest BCUT2D eigenvalue weighted by atomic mass is 16.5. The Morgan fingerprint density at radius 2 is 2.05 bits per heavy atom. The van der Waals surface area contributed by atoms with E-state index in [9.17, 15) is 9.90 Å². The number of methoxy groups -OCH3 is 1. The molecule has 0 aliphatic carbocycles. The molecule has 0 bridgehead atoms. The first-order chi connectivity index (χ1) is 10.2. The largest absolute Gasteiger partial charge is 0.395 e. The average molecular weight is 294 g/mol. The first-order valence-electron chi connectivity index (χ1n) is 7.34. The Morgan fingerprint density at radius 3 is 2.67 bits per heavy atom. The molecule has 0 spiro atoms. The molecule has 2 unspecified atom stereocenters. The van der Waals surface area contributed by atoms with Crippen molar-refractivity contribution in [3.05, 3.63) is 35.9 Å². The second kappa shape index (κ2) is 10.3. The summed E-state index contributed by atoms with van der Waals surface area (Å²) in [5, 5.41) is 15.5. The summed E-state index contributed by atoms with van der Waals surface area (Å²) in [6.07, 6.45) is 1.49. The maximum Gasteiger partial charge on any atom is 0.236 e. The predicted molar refractivity (Wildman–Crippen MR) is 83.1 cm³/mol. The van der Waals surface area contributed by atoms with Crippen molar-refractivity contribution in [2.75, 3.05) is 26.9 Å². The van der Waals surface area contributed by atoms with Gasteiger partial charge in [0.1, 0.15) is 0 Å². The highest BCUT2D eigenvalue weighted by Gasteiger charge is 2.17. The minimum Gasteiger partial charge on any atom is -0.395 e. The van der Waals surface area contributed by atoms with Crippen LogP contribution in [0.1, 0.15) is 18.9 Å². The first kappa shape index (κ1) is 17.6. The lowest BCUT2D eigenvalue weighted by Gasteiger charge is -2.21. The molecule has 0 radical (unpaired) electrons. The fraction of sp³-hybridized carbons (Fsp3) is 0.562. The standard InChI is InChI=1S/C16H26N2O3/c1-13(16(20)17-9-6-10-21-2)18-15(12-19)11-14-7-4-3-5-8-14/h3-5,7-8,13,15,18-19H,6,9-12H2,1-2H3,(H,17,20). The van der Waals surface area contributed by atoms with E-state index < -0.39 is 0 Å². The van der Waals surface area contributed by atoms with Crippen LogP contribution in [-0.4, -0.2) is 50.0 Å². The van der Waals surface area contributed by atoms with Crippen molar-refractivity contribution >= 4 is 5.91 Å². The number of aliphatic hydroxyl groups is 1. The third-order valence-corrected chi connectivity index (χ3v) is 3.25. The van der Waals surface area contributed by atoms with E-state index >= 15 is 0 Å². The molecular weight excluding hydrogens is 268 g/mol. The molecule has 21 heavy (non-hydrogen) atoms. The van der Waals surface area contributed by atoms with Crippen molar-refractivity contribution in [3.63, 3.8) is 0 Å². The summed E-state index contributed by atoms with van der Waals surface area (Å²) in [6, 6.07) is 9.45. The number of hydrogen-bond acceptors (Lipinski definition) is 4. The van der Waals surface area contributed by atoms with Crippen LogP contribution < -0.4 is 10.6 Å². The minimum absolute atomic E-state index is 0.00378. The van der Waals surface area contributed by atoms with Crippen molar-refractivity contribution in [2.45, 2.75) is 31.8 Å². The van der Waals surface area contributed by atoms with Gasteiger partial charge < -0.3 is 20.5 Å². The van der Waals surface area contributed by atoms with Gasteiger partial charge in [0.2, 0.25) is 5.91 Å². The van der Waals surface area contributed by atoms with Crippen LogP contribution in [0, 0.1) is 0 Å². The molecule has 1 rings (SSSR count). The molecule has 5 heteroatoms. The van der Waals surface area contributed by atoms with Gasteiger partial charge in [-0.1, -0.05) is 30.3 Å².